The van der Waals surface area contributed by atoms with Crippen LogP contribution in [-0.4, -0.2) is 17.2 Å². The summed E-state index contributed by atoms with van der Waals surface area (Å²) in [7, 11) is 0. The Morgan fingerprint density at radius 3 is 2.41 bits per heavy atom. The number of nitrogens with two attached hydrogens (primary N) is 2. The molecule has 1 unspecified atom stereocenters. The lowest BCUT2D eigenvalue weighted by Gasteiger charge is -2.58. The molecule has 4 aliphatic rings. The predicted octanol–water partition coefficient (Wildman–Crippen LogP) is 6.23. The van der Waals surface area contributed by atoms with Gasteiger partial charge < -0.3 is 16.6 Å². The van der Waals surface area contributed by atoms with E-state index in [0.717, 1.165) is 48.3 Å². The van der Waals surface area contributed by atoms with Crippen molar-refractivity contribution in [2.24, 2.45) is 57.8 Å². The number of nitrogens with one attached hydrogen (secondary N) is 1. The first-order chi connectivity index (χ1) is 15.0. The molecule has 3 saturated carbocycles. The fraction of sp³-hybridized carbons (Fsp3) is 0.893. The highest BCUT2D eigenvalue weighted by Crippen LogP contribution is 2.67. The molecular weight excluding hydrogens is 394 g/mol. The smallest absolute Gasteiger partial charge is 0.183 e. The van der Waals surface area contributed by atoms with E-state index in [2.05, 4.69) is 52.2 Å². The van der Waals surface area contributed by atoms with Crippen LogP contribution in [-0.2, 0) is 0 Å². The highest BCUT2D eigenvalue weighted by atomic mass is 16.3. The Balaban J connectivity index is 0.000000668. The summed E-state index contributed by atoms with van der Waals surface area (Å²) < 4.78 is 0. The van der Waals surface area contributed by atoms with Gasteiger partial charge in [-0.1, -0.05) is 65.5 Å². The van der Waals surface area contributed by atoms with E-state index in [9.17, 15) is 5.11 Å². The van der Waals surface area contributed by atoms with Crippen molar-refractivity contribution in [2.75, 3.05) is 0 Å². The second-order valence-corrected chi connectivity index (χ2v) is 12.6. The van der Waals surface area contributed by atoms with Crippen molar-refractivity contribution in [3.05, 3.63) is 11.6 Å². The van der Waals surface area contributed by atoms with Crippen LogP contribution in [0.15, 0.2) is 11.6 Å². The largest absolute Gasteiger partial charge is 0.393 e. The highest BCUT2D eigenvalue weighted by molar-refractivity contribution is 5.71. The summed E-state index contributed by atoms with van der Waals surface area (Å²) in [4.78, 5) is 0. The van der Waals surface area contributed by atoms with Crippen molar-refractivity contribution in [3.63, 3.8) is 0 Å². The number of hydrogen-bond donors (Lipinski definition) is 4. The summed E-state index contributed by atoms with van der Waals surface area (Å²) in [5, 5.41) is 16.3. The summed E-state index contributed by atoms with van der Waals surface area (Å²) >= 11 is 0. The Labute approximate surface area is 197 Å². The molecule has 0 radical (unpaired) electrons. The van der Waals surface area contributed by atoms with E-state index in [1.54, 1.807) is 5.57 Å². The minimum Gasteiger partial charge on any atom is -0.393 e. The molecule has 0 amide bonds. The number of fused-ring (bicyclic) bond motifs is 5. The van der Waals surface area contributed by atoms with E-state index in [0.29, 0.717) is 10.8 Å². The van der Waals surface area contributed by atoms with Crippen molar-refractivity contribution >= 4 is 5.96 Å². The standard InChI is InChI=1S/C27H46O.CH5N3/c1-18(2)7-6-8-19(3)23-11-12-24-22-10-9-20-17-21(28)13-15-26(20,4)25(22)14-16-27(23,24)5;2-1(3)4/h9,18-19,21-25,28H,6-8,10-17H2,1-5H3;(H5,2,3,4)/t19?,21-,22-,23+,24-,25-,26-,27+;/m0./s1. The minimum atomic E-state index is -0.333. The lowest BCUT2D eigenvalue weighted by atomic mass is 9.47. The summed E-state index contributed by atoms with van der Waals surface area (Å²) in [5.74, 6) is 5.12. The Morgan fingerprint density at radius 2 is 1.75 bits per heavy atom. The first-order valence-electron chi connectivity index (χ1n) is 13.5. The zero-order chi connectivity index (χ0) is 23.7. The van der Waals surface area contributed by atoms with Crippen molar-refractivity contribution in [2.45, 2.75) is 111 Å². The van der Waals surface area contributed by atoms with Gasteiger partial charge in [-0.3, -0.25) is 5.41 Å². The van der Waals surface area contributed by atoms with Gasteiger partial charge in [-0.15, -0.1) is 0 Å². The SMILES string of the molecule is CC(C)CCCC(C)[C@H]1CC[C@H]2[C@@H]3CC=C4C[C@@H](O)CC[C@]4(C)[C@H]3CC[C@]12C.N=C(N)N. The van der Waals surface area contributed by atoms with E-state index >= 15 is 0 Å². The van der Waals surface area contributed by atoms with E-state index in [-0.39, 0.29) is 12.1 Å². The summed E-state index contributed by atoms with van der Waals surface area (Å²) in [6, 6.07) is 0. The van der Waals surface area contributed by atoms with Gasteiger partial charge in [0.15, 0.2) is 5.96 Å². The average Bonchev–Trinajstić information content (AvgIpc) is 3.05. The van der Waals surface area contributed by atoms with Crippen LogP contribution in [0.2, 0.25) is 0 Å². The maximum Gasteiger partial charge on any atom is 0.183 e. The van der Waals surface area contributed by atoms with E-state index < -0.39 is 0 Å². The molecule has 32 heavy (non-hydrogen) atoms. The van der Waals surface area contributed by atoms with Gasteiger partial charge in [-0.05, 0) is 97.7 Å². The fourth-order valence-electron chi connectivity index (χ4n) is 8.67. The summed E-state index contributed by atoms with van der Waals surface area (Å²) in [6.07, 6.45) is 17.2. The second kappa shape index (κ2) is 10.1. The molecule has 0 aliphatic heterocycles. The number of hydrogen-bond acceptors (Lipinski definition) is 2. The third-order valence-electron chi connectivity index (χ3n) is 10.3. The Kier molecular flexibility index (Phi) is 8.06. The topological polar surface area (TPSA) is 96.1 Å². The van der Waals surface area contributed by atoms with Crippen molar-refractivity contribution in [1.82, 2.24) is 0 Å². The number of allylic oxidation sites excluding steroid dienone is 1. The van der Waals surface area contributed by atoms with Crippen LogP contribution in [0.1, 0.15) is 105 Å². The van der Waals surface area contributed by atoms with Gasteiger partial charge in [0, 0.05) is 0 Å². The first kappa shape index (κ1) is 25.6. The first-order valence-corrected chi connectivity index (χ1v) is 13.5. The van der Waals surface area contributed by atoms with Gasteiger partial charge in [-0.25, -0.2) is 0 Å². The number of aliphatic hydroxyl groups is 1. The molecule has 0 bridgehead atoms. The monoisotopic (exact) mass is 445 g/mol. The molecule has 0 heterocycles. The average molecular weight is 446 g/mol. The van der Waals surface area contributed by atoms with Crippen LogP contribution >= 0.6 is 0 Å². The molecule has 0 aromatic heterocycles. The molecule has 0 saturated heterocycles. The maximum absolute atomic E-state index is 10.2. The van der Waals surface area contributed by atoms with Gasteiger partial charge >= 0.3 is 0 Å². The van der Waals surface area contributed by atoms with Gasteiger partial charge in [0.05, 0.1) is 6.10 Å². The molecule has 3 fully saturated rings. The van der Waals surface area contributed by atoms with Gasteiger partial charge in [0.2, 0.25) is 0 Å². The molecule has 184 valence electrons. The van der Waals surface area contributed by atoms with E-state index in [1.807, 2.05) is 0 Å². The molecule has 8 atom stereocenters. The predicted molar refractivity (Wildman–Crippen MR) is 135 cm³/mol. The van der Waals surface area contributed by atoms with Crippen LogP contribution in [0, 0.1) is 51.7 Å². The minimum absolute atomic E-state index is 0.0766. The van der Waals surface area contributed by atoms with Crippen LogP contribution < -0.4 is 11.5 Å². The van der Waals surface area contributed by atoms with Crippen LogP contribution in [0.4, 0.5) is 0 Å². The Morgan fingerprint density at radius 1 is 1.06 bits per heavy atom. The van der Waals surface area contributed by atoms with Gasteiger partial charge in [-0.2, -0.15) is 0 Å². The molecule has 4 rings (SSSR count). The van der Waals surface area contributed by atoms with Crippen LogP contribution in [0.25, 0.3) is 0 Å². The lowest BCUT2D eigenvalue weighted by molar-refractivity contribution is -0.0573. The van der Waals surface area contributed by atoms with Crippen molar-refractivity contribution in [1.29, 1.82) is 5.41 Å². The van der Waals surface area contributed by atoms with Gasteiger partial charge in [0.1, 0.15) is 0 Å². The number of rotatable bonds is 5. The Bertz CT molecular complexity index is 684. The molecular formula is C28H51N3O. The fourth-order valence-corrected chi connectivity index (χ4v) is 8.67. The highest BCUT2D eigenvalue weighted by Gasteiger charge is 2.59. The summed E-state index contributed by atoms with van der Waals surface area (Å²) in [6.45, 7) is 12.6. The third-order valence-corrected chi connectivity index (χ3v) is 10.3. The second-order valence-electron chi connectivity index (χ2n) is 12.6. The maximum atomic E-state index is 10.2. The molecule has 6 N–H and O–H groups in total. The molecule has 4 heteroatoms. The third kappa shape index (κ3) is 5.05. The van der Waals surface area contributed by atoms with Crippen LogP contribution in [0.3, 0.4) is 0 Å². The summed E-state index contributed by atoms with van der Waals surface area (Å²) in [5.41, 5.74) is 11.5. The van der Waals surface area contributed by atoms with E-state index in [1.165, 1.54) is 57.8 Å². The number of aliphatic hydroxyl groups excluding tert-OH is 1. The lowest BCUT2D eigenvalue weighted by Crippen LogP contribution is -2.50. The normalized spacial score (nSPS) is 41.5. The van der Waals surface area contributed by atoms with Crippen LogP contribution in [0.5, 0.6) is 0 Å². The zero-order valence-corrected chi connectivity index (χ0v) is 21.5. The molecule has 0 aromatic rings. The zero-order valence-electron chi connectivity index (χ0n) is 21.5. The molecule has 0 aromatic carbocycles. The van der Waals surface area contributed by atoms with Crippen molar-refractivity contribution < 1.29 is 5.11 Å². The molecule has 4 aliphatic carbocycles. The molecule has 0 spiro atoms. The quantitative estimate of drug-likeness (QED) is 0.229. The Hall–Kier alpha value is -1.03. The van der Waals surface area contributed by atoms with Crippen molar-refractivity contribution in [3.8, 4) is 0 Å². The number of guanidine groups is 1. The van der Waals surface area contributed by atoms with Gasteiger partial charge in [0.25, 0.3) is 0 Å². The van der Waals surface area contributed by atoms with E-state index in [4.69, 9.17) is 5.41 Å². The molecule has 4 nitrogen and oxygen atoms in total.